The van der Waals surface area contributed by atoms with Crippen LogP contribution in [0, 0.1) is 13.8 Å². The smallest absolute Gasteiger partial charge is 0.322 e. The van der Waals surface area contributed by atoms with Crippen molar-refractivity contribution in [3.05, 3.63) is 58.8 Å². The minimum atomic E-state index is -1.07. The molecule has 4 amide bonds. The van der Waals surface area contributed by atoms with E-state index in [0.717, 1.165) is 36.5 Å². The van der Waals surface area contributed by atoms with Gasteiger partial charge in [0, 0.05) is 37.9 Å². The second kappa shape index (κ2) is 8.61. The van der Waals surface area contributed by atoms with Gasteiger partial charge in [0.1, 0.15) is 11.4 Å². The first-order chi connectivity index (χ1) is 15.3. The molecule has 168 valence electrons. The average Bonchev–Trinajstić information content (AvgIpc) is 3.07. The van der Waals surface area contributed by atoms with Crippen molar-refractivity contribution in [1.82, 2.24) is 20.5 Å². The average molecular weight is 436 g/mol. The molecule has 1 aromatic heterocycles. The molecule has 2 fully saturated rings. The van der Waals surface area contributed by atoms with E-state index in [9.17, 15) is 14.4 Å². The zero-order valence-corrected chi connectivity index (χ0v) is 18.8. The van der Waals surface area contributed by atoms with Gasteiger partial charge in [0.2, 0.25) is 0 Å². The molecular weight excluding hydrogens is 406 g/mol. The normalized spacial score (nSPS) is 20.8. The molecule has 2 aliphatic heterocycles. The van der Waals surface area contributed by atoms with Gasteiger partial charge in [-0.15, -0.1) is 0 Å². The predicted molar refractivity (Wildman–Crippen MR) is 122 cm³/mol. The second-order valence-electron chi connectivity index (χ2n) is 8.57. The van der Waals surface area contributed by atoms with Crippen LogP contribution >= 0.6 is 0 Å². The lowest BCUT2D eigenvalue weighted by atomic mass is 9.85. The van der Waals surface area contributed by atoms with E-state index in [4.69, 9.17) is 0 Å². The highest BCUT2D eigenvalue weighted by atomic mass is 16.2. The Kier molecular flexibility index (Phi) is 5.86. The van der Waals surface area contributed by atoms with Crippen LogP contribution in [0.25, 0.3) is 0 Å². The largest absolute Gasteiger partial charge is 0.353 e. The lowest BCUT2D eigenvalue weighted by molar-refractivity contribution is -0.124. The molecule has 1 unspecified atom stereocenters. The number of aromatic nitrogens is 1. The number of carbonyl (C=O) groups is 3. The highest BCUT2D eigenvalue weighted by Crippen LogP contribution is 2.30. The summed E-state index contributed by atoms with van der Waals surface area (Å²) in [5.74, 6) is 0.596. The topological polar surface area (TPSA) is 94.6 Å². The summed E-state index contributed by atoms with van der Waals surface area (Å²) in [6.45, 7) is 8.75. The van der Waals surface area contributed by atoms with E-state index in [-0.39, 0.29) is 11.8 Å². The fourth-order valence-electron chi connectivity index (χ4n) is 4.63. The number of nitrogens with one attached hydrogen (secondary N) is 2. The van der Waals surface area contributed by atoms with Crippen molar-refractivity contribution >= 4 is 23.7 Å². The first-order valence-electron chi connectivity index (χ1n) is 11.1. The number of carbonyl (C=O) groups excluding carboxylic acids is 3. The summed E-state index contributed by atoms with van der Waals surface area (Å²) in [6.07, 6.45) is 3.10. The summed E-state index contributed by atoms with van der Waals surface area (Å²) in [6, 6.07) is 8.66. The van der Waals surface area contributed by atoms with E-state index < -0.39 is 11.6 Å². The van der Waals surface area contributed by atoms with Gasteiger partial charge in [-0.05, 0) is 49.1 Å². The number of hydrogen-bond acceptors (Lipinski definition) is 5. The maximum absolute atomic E-state index is 13.1. The second-order valence-corrected chi connectivity index (χ2v) is 8.57. The maximum atomic E-state index is 13.1. The quantitative estimate of drug-likeness (QED) is 0.704. The van der Waals surface area contributed by atoms with Gasteiger partial charge in [-0.2, -0.15) is 0 Å². The van der Waals surface area contributed by atoms with E-state index in [1.807, 2.05) is 24.9 Å². The molecule has 2 aromatic rings. The van der Waals surface area contributed by atoms with Crippen LogP contribution < -0.4 is 15.5 Å². The molecule has 8 nitrogen and oxygen atoms in total. The Balaban J connectivity index is 1.44. The summed E-state index contributed by atoms with van der Waals surface area (Å²) >= 11 is 0. The standard InChI is InChI=1S/C24H29N5O3/c1-4-9-24(22(31)26-23(32)27-24)19-7-5-18(6-8-19)21(30)29-12-10-28(11-13-29)20-17(3)14-16(2)15-25-20/h5-8,14-15H,4,9-13H2,1-3H3,(H2,26,27,31,32). The third-order valence-corrected chi connectivity index (χ3v) is 6.25. The van der Waals surface area contributed by atoms with E-state index in [0.29, 0.717) is 30.6 Å². The number of aryl methyl sites for hydroxylation is 2. The SMILES string of the molecule is CCCC1(c2ccc(C(=O)N3CCN(c4ncc(C)cc4C)CC3)cc2)NC(=O)NC1=O. The number of hydrogen-bond donors (Lipinski definition) is 2. The minimum absolute atomic E-state index is 0.0331. The molecule has 2 aliphatic rings. The molecule has 2 N–H and O–H groups in total. The Labute approximate surface area is 188 Å². The summed E-state index contributed by atoms with van der Waals surface area (Å²) < 4.78 is 0. The van der Waals surface area contributed by atoms with E-state index >= 15 is 0 Å². The Morgan fingerprint density at radius 3 is 2.34 bits per heavy atom. The van der Waals surface area contributed by atoms with Crippen LogP contribution in [0.2, 0.25) is 0 Å². The number of benzene rings is 1. The highest BCUT2D eigenvalue weighted by Gasteiger charge is 2.46. The van der Waals surface area contributed by atoms with Gasteiger partial charge in [-0.25, -0.2) is 9.78 Å². The summed E-state index contributed by atoms with van der Waals surface area (Å²) in [5, 5.41) is 5.10. The number of imide groups is 1. The molecular formula is C24H29N5O3. The highest BCUT2D eigenvalue weighted by molar-refractivity contribution is 6.07. The molecule has 1 aromatic carbocycles. The summed E-state index contributed by atoms with van der Waals surface area (Å²) in [4.78, 5) is 45.9. The zero-order chi connectivity index (χ0) is 22.9. The van der Waals surface area contributed by atoms with Crippen LogP contribution in [-0.2, 0) is 10.3 Å². The fraction of sp³-hybridized carbons (Fsp3) is 0.417. The fourth-order valence-corrected chi connectivity index (χ4v) is 4.63. The molecule has 0 saturated carbocycles. The van der Waals surface area contributed by atoms with Gasteiger partial charge in [0.15, 0.2) is 0 Å². The Hall–Kier alpha value is -3.42. The van der Waals surface area contributed by atoms with Crippen molar-refractivity contribution in [3.63, 3.8) is 0 Å². The molecule has 0 aliphatic carbocycles. The van der Waals surface area contributed by atoms with Gasteiger partial charge in [0.25, 0.3) is 11.8 Å². The van der Waals surface area contributed by atoms with Crippen molar-refractivity contribution in [1.29, 1.82) is 0 Å². The lowest BCUT2D eigenvalue weighted by Gasteiger charge is -2.36. The van der Waals surface area contributed by atoms with Crippen molar-refractivity contribution in [3.8, 4) is 0 Å². The van der Waals surface area contributed by atoms with Crippen molar-refractivity contribution in [2.45, 2.75) is 39.2 Å². The molecule has 3 heterocycles. The zero-order valence-electron chi connectivity index (χ0n) is 18.8. The summed E-state index contributed by atoms with van der Waals surface area (Å²) in [5.41, 5.74) is 2.47. The van der Waals surface area contributed by atoms with Gasteiger partial charge in [-0.3, -0.25) is 14.9 Å². The number of anilines is 1. The van der Waals surface area contributed by atoms with Gasteiger partial charge >= 0.3 is 6.03 Å². The molecule has 0 spiro atoms. The van der Waals surface area contributed by atoms with Gasteiger partial charge < -0.3 is 15.1 Å². The van der Waals surface area contributed by atoms with Crippen LogP contribution in [0.1, 0.15) is 46.8 Å². The Bertz CT molecular complexity index is 1040. The maximum Gasteiger partial charge on any atom is 0.322 e. The van der Waals surface area contributed by atoms with Crippen LogP contribution in [0.4, 0.5) is 10.6 Å². The molecule has 4 rings (SSSR count). The molecule has 8 heteroatoms. The van der Waals surface area contributed by atoms with Crippen LogP contribution in [0.5, 0.6) is 0 Å². The molecule has 0 bridgehead atoms. The number of urea groups is 1. The first kappa shape index (κ1) is 21.8. The van der Waals surface area contributed by atoms with Gasteiger partial charge in [0.05, 0.1) is 0 Å². The number of nitrogens with zero attached hydrogens (tertiary/aromatic N) is 3. The van der Waals surface area contributed by atoms with Crippen LogP contribution in [0.3, 0.4) is 0 Å². The van der Waals surface area contributed by atoms with E-state index in [1.165, 1.54) is 0 Å². The molecule has 1 atom stereocenters. The Morgan fingerprint density at radius 2 is 1.78 bits per heavy atom. The van der Waals surface area contributed by atoms with E-state index in [1.54, 1.807) is 24.3 Å². The van der Waals surface area contributed by atoms with Gasteiger partial charge in [-0.1, -0.05) is 31.5 Å². The third kappa shape index (κ3) is 3.92. The number of amides is 4. The number of rotatable bonds is 5. The van der Waals surface area contributed by atoms with Crippen LogP contribution in [-0.4, -0.2) is 53.9 Å². The molecule has 2 saturated heterocycles. The van der Waals surface area contributed by atoms with Crippen molar-refractivity contribution < 1.29 is 14.4 Å². The number of piperazine rings is 1. The number of pyridine rings is 1. The minimum Gasteiger partial charge on any atom is -0.353 e. The monoisotopic (exact) mass is 435 g/mol. The summed E-state index contributed by atoms with van der Waals surface area (Å²) in [7, 11) is 0. The Morgan fingerprint density at radius 1 is 1.09 bits per heavy atom. The molecule has 32 heavy (non-hydrogen) atoms. The van der Waals surface area contributed by atoms with E-state index in [2.05, 4.69) is 33.5 Å². The first-order valence-corrected chi connectivity index (χ1v) is 11.1. The van der Waals surface area contributed by atoms with Crippen LogP contribution in [0.15, 0.2) is 36.5 Å². The van der Waals surface area contributed by atoms with Crippen molar-refractivity contribution in [2.24, 2.45) is 0 Å². The third-order valence-electron chi connectivity index (χ3n) is 6.25. The predicted octanol–water partition coefficient (Wildman–Crippen LogP) is 2.50. The van der Waals surface area contributed by atoms with Crippen molar-refractivity contribution in [2.75, 3.05) is 31.1 Å². The molecule has 0 radical (unpaired) electrons. The lowest BCUT2D eigenvalue weighted by Crippen LogP contribution is -2.49.